The minimum atomic E-state index is 0.554. The van der Waals surface area contributed by atoms with Crippen LogP contribution in [-0.2, 0) is 6.54 Å². The first-order chi connectivity index (χ1) is 12.7. The second-order valence-corrected chi connectivity index (χ2v) is 6.97. The Hall–Kier alpha value is -2.11. The number of hydrogen-bond donors (Lipinski definition) is 0. The number of ether oxygens (including phenoxy) is 3. The van der Waals surface area contributed by atoms with Crippen molar-refractivity contribution >= 4 is 17.3 Å². The molecule has 2 aliphatic rings. The third kappa shape index (κ3) is 3.69. The van der Waals surface area contributed by atoms with Crippen molar-refractivity contribution in [1.29, 1.82) is 0 Å². The van der Waals surface area contributed by atoms with Crippen LogP contribution in [0, 0.1) is 0 Å². The third-order valence-electron chi connectivity index (χ3n) is 4.85. The highest BCUT2D eigenvalue weighted by molar-refractivity contribution is 6.32. The van der Waals surface area contributed by atoms with Gasteiger partial charge in [-0.25, -0.2) is 0 Å². The number of nitrogens with zero attached hydrogens (tertiary/aromatic N) is 2. The molecule has 1 saturated heterocycles. The monoisotopic (exact) mass is 374 g/mol. The average molecular weight is 375 g/mol. The summed E-state index contributed by atoms with van der Waals surface area (Å²) in [6, 6.07) is 12.3. The van der Waals surface area contributed by atoms with E-state index in [9.17, 15) is 0 Å². The minimum Gasteiger partial charge on any atom is -0.497 e. The van der Waals surface area contributed by atoms with Gasteiger partial charge in [-0.15, -0.1) is 0 Å². The first kappa shape index (κ1) is 17.3. The molecule has 2 aromatic carbocycles. The predicted octanol–water partition coefficient (Wildman–Crippen LogP) is 3.44. The van der Waals surface area contributed by atoms with Gasteiger partial charge < -0.3 is 19.1 Å². The van der Waals surface area contributed by atoms with Gasteiger partial charge in [0, 0.05) is 44.5 Å². The van der Waals surface area contributed by atoms with Crippen LogP contribution in [0.15, 0.2) is 36.4 Å². The number of piperazine rings is 1. The summed E-state index contributed by atoms with van der Waals surface area (Å²) in [6.45, 7) is 5.98. The van der Waals surface area contributed by atoms with E-state index in [0.29, 0.717) is 24.0 Å². The number of anilines is 1. The Balaban J connectivity index is 1.39. The van der Waals surface area contributed by atoms with Gasteiger partial charge in [0.1, 0.15) is 19.0 Å². The number of benzene rings is 2. The molecule has 0 atom stereocenters. The van der Waals surface area contributed by atoms with E-state index in [0.717, 1.165) is 49.8 Å². The zero-order chi connectivity index (χ0) is 17.9. The Labute approximate surface area is 159 Å². The predicted molar refractivity (Wildman–Crippen MR) is 103 cm³/mol. The summed E-state index contributed by atoms with van der Waals surface area (Å²) in [4.78, 5) is 4.84. The highest BCUT2D eigenvalue weighted by Crippen LogP contribution is 2.38. The molecule has 2 aromatic rings. The molecule has 0 saturated carbocycles. The Morgan fingerprint density at radius 1 is 1.04 bits per heavy atom. The van der Waals surface area contributed by atoms with Crippen molar-refractivity contribution in [2.75, 3.05) is 51.4 Å². The van der Waals surface area contributed by atoms with Crippen LogP contribution in [0.25, 0.3) is 0 Å². The smallest absolute Gasteiger partial charge is 0.179 e. The number of hydrogen-bond acceptors (Lipinski definition) is 5. The highest BCUT2D eigenvalue weighted by atomic mass is 35.5. The molecular formula is C20H23ClN2O3. The SMILES string of the molecule is COc1cccc(N2CCN(Cc3cc(Cl)c4c(c3)OCCO4)CC2)c1. The van der Waals surface area contributed by atoms with Gasteiger partial charge in [-0.3, -0.25) is 4.90 Å². The Bertz CT molecular complexity index is 776. The lowest BCUT2D eigenvalue weighted by atomic mass is 10.1. The lowest BCUT2D eigenvalue weighted by Crippen LogP contribution is -2.45. The molecule has 0 unspecified atom stereocenters. The summed E-state index contributed by atoms with van der Waals surface area (Å²) in [5.41, 5.74) is 2.38. The zero-order valence-electron chi connectivity index (χ0n) is 14.9. The van der Waals surface area contributed by atoms with Crippen LogP contribution in [0.4, 0.5) is 5.69 Å². The maximum atomic E-state index is 6.35. The van der Waals surface area contributed by atoms with Gasteiger partial charge >= 0.3 is 0 Å². The van der Waals surface area contributed by atoms with E-state index >= 15 is 0 Å². The van der Waals surface area contributed by atoms with Crippen LogP contribution in [0.3, 0.4) is 0 Å². The normalized spacial score (nSPS) is 17.2. The van der Waals surface area contributed by atoms with Gasteiger partial charge in [-0.05, 0) is 29.8 Å². The molecule has 2 aliphatic heterocycles. The van der Waals surface area contributed by atoms with E-state index in [1.54, 1.807) is 7.11 Å². The fraction of sp³-hybridized carbons (Fsp3) is 0.400. The first-order valence-corrected chi connectivity index (χ1v) is 9.30. The largest absolute Gasteiger partial charge is 0.497 e. The molecule has 26 heavy (non-hydrogen) atoms. The molecule has 0 spiro atoms. The summed E-state index contributed by atoms with van der Waals surface area (Å²) in [6.07, 6.45) is 0. The lowest BCUT2D eigenvalue weighted by molar-refractivity contribution is 0.171. The van der Waals surface area contributed by atoms with Crippen LogP contribution >= 0.6 is 11.6 Å². The molecule has 2 heterocycles. The molecule has 138 valence electrons. The maximum absolute atomic E-state index is 6.35. The van der Waals surface area contributed by atoms with Crippen molar-refractivity contribution in [1.82, 2.24) is 4.90 Å². The van der Waals surface area contributed by atoms with Crippen molar-refractivity contribution in [3.05, 3.63) is 47.0 Å². The molecule has 0 aromatic heterocycles. The molecule has 1 fully saturated rings. The number of methoxy groups -OCH3 is 1. The lowest BCUT2D eigenvalue weighted by Gasteiger charge is -2.36. The summed E-state index contributed by atoms with van der Waals surface area (Å²) in [7, 11) is 1.70. The summed E-state index contributed by atoms with van der Waals surface area (Å²) >= 11 is 6.35. The van der Waals surface area contributed by atoms with Crippen LogP contribution < -0.4 is 19.1 Å². The second-order valence-electron chi connectivity index (χ2n) is 6.57. The number of rotatable bonds is 4. The van der Waals surface area contributed by atoms with Gasteiger partial charge in [0.05, 0.1) is 12.1 Å². The fourth-order valence-corrected chi connectivity index (χ4v) is 3.77. The van der Waals surface area contributed by atoms with E-state index in [1.807, 2.05) is 18.2 Å². The fourth-order valence-electron chi connectivity index (χ4n) is 3.49. The van der Waals surface area contributed by atoms with Crippen molar-refractivity contribution in [3.8, 4) is 17.2 Å². The first-order valence-electron chi connectivity index (χ1n) is 8.92. The number of halogens is 1. The quantitative estimate of drug-likeness (QED) is 0.819. The number of fused-ring (bicyclic) bond motifs is 1. The molecule has 0 N–H and O–H groups in total. The van der Waals surface area contributed by atoms with E-state index < -0.39 is 0 Å². The molecule has 0 aliphatic carbocycles. The standard InChI is InChI=1S/C20H23ClN2O3/c1-24-17-4-2-3-16(13-17)23-7-5-22(6-8-23)14-15-11-18(21)20-19(12-15)25-9-10-26-20/h2-4,11-13H,5-10,14H2,1H3. The molecule has 5 nitrogen and oxygen atoms in total. The van der Waals surface area contributed by atoms with E-state index in [-0.39, 0.29) is 0 Å². The molecule has 6 heteroatoms. The van der Waals surface area contributed by atoms with Crippen molar-refractivity contribution < 1.29 is 14.2 Å². The van der Waals surface area contributed by atoms with Crippen molar-refractivity contribution in [2.24, 2.45) is 0 Å². The van der Waals surface area contributed by atoms with Crippen LogP contribution in [-0.4, -0.2) is 51.4 Å². The van der Waals surface area contributed by atoms with Gasteiger partial charge in [-0.1, -0.05) is 17.7 Å². The van der Waals surface area contributed by atoms with Crippen LogP contribution in [0.1, 0.15) is 5.56 Å². The topological polar surface area (TPSA) is 34.2 Å². The van der Waals surface area contributed by atoms with Crippen molar-refractivity contribution in [2.45, 2.75) is 6.54 Å². The molecular weight excluding hydrogens is 352 g/mol. The molecule has 0 bridgehead atoms. The van der Waals surface area contributed by atoms with E-state index in [2.05, 4.69) is 28.0 Å². The Morgan fingerprint density at radius 2 is 1.85 bits per heavy atom. The van der Waals surface area contributed by atoms with Gasteiger partial charge in [0.2, 0.25) is 0 Å². The summed E-state index contributed by atoms with van der Waals surface area (Å²) in [5, 5.41) is 0.632. The summed E-state index contributed by atoms with van der Waals surface area (Å²) < 4.78 is 16.6. The van der Waals surface area contributed by atoms with Crippen LogP contribution in [0.2, 0.25) is 5.02 Å². The molecule has 4 rings (SSSR count). The Morgan fingerprint density at radius 3 is 2.65 bits per heavy atom. The van der Waals surface area contributed by atoms with E-state index in [1.165, 1.54) is 5.69 Å². The highest BCUT2D eigenvalue weighted by Gasteiger charge is 2.20. The molecule has 0 radical (unpaired) electrons. The van der Waals surface area contributed by atoms with E-state index in [4.69, 9.17) is 25.8 Å². The minimum absolute atomic E-state index is 0.554. The van der Waals surface area contributed by atoms with Gasteiger partial charge in [0.15, 0.2) is 11.5 Å². The van der Waals surface area contributed by atoms with Crippen molar-refractivity contribution in [3.63, 3.8) is 0 Å². The third-order valence-corrected chi connectivity index (χ3v) is 5.13. The van der Waals surface area contributed by atoms with Crippen LogP contribution in [0.5, 0.6) is 17.2 Å². The zero-order valence-corrected chi connectivity index (χ0v) is 15.7. The van der Waals surface area contributed by atoms with Gasteiger partial charge in [-0.2, -0.15) is 0 Å². The summed E-state index contributed by atoms with van der Waals surface area (Å²) in [5.74, 6) is 2.33. The molecule has 0 amide bonds. The Kier molecular flexibility index (Phi) is 5.09. The second kappa shape index (κ2) is 7.64. The average Bonchev–Trinajstić information content (AvgIpc) is 2.69. The van der Waals surface area contributed by atoms with Gasteiger partial charge in [0.25, 0.3) is 0 Å². The maximum Gasteiger partial charge on any atom is 0.179 e.